The zero-order valence-corrected chi connectivity index (χ0v) is 12.7. The molecule has 0 N–H and O–H groups in total. The van der Waals surface area contributed by atoms with Crippen LogP contribution >= 0.6 is 0 Å². The van der Waals surface area contributed by atoms with Crippen molar-refractivity contribution in [1.82, 2.24) is 25.1 Å². The van der Waals surface area contributed by atoms with Crippen molar-refractivity contribution >= 4 is 5.91 Å². The fourth-order valence-corrected chi connectivity index (χ4v) is 1.88. The summed E-state index contributed by atoms with van der Waals surface area (Å²) in [6, 6.07) is 4.76. The summed E-state index contributed by atoms with van der Waals surface area (Å²) in [5.41, 5.74) is -0.515. The van der Waals surface area contributed by atoms with Crippen molar-refractivity contribution in [3.05, 3.63) is 29.8 Å². The quantitative estimate of drug-likeness (QED) is 0.845. The van der Waals surface area contributed by atoms with Gasteiger partial charge < -0.3 is 4.90 Å². The van der Waals surface area contributed by atoms with E-state index >= 15 is 0 Å². The Balaban J connectivity index is 2.03. The zero-order chi connectivity index (χ0) is 17.0. The molecule has 0 bridgehead atoms. The van der Waals surface area contributed by atoms with Crippen LogP contribution in [0.3, 0.4) is 0 Å². The van der Waals surface area contributed by atoms with E-state index in [0.29, 0.717) is 19.4 Å². The minimum absolute atomic E-state index is 0.0109. The summed E-state index contributed by atoms with van der Waals surface area (Å²) in [6.45, 7) is 0.367. The molecule has 23 heavy (non-hydrogen) atoms. The molecule has 0 aliphatic rings. The van der Waals surface area contributed by atoms with E-state index in [9.17, 15) is 18.0 Å². The lowest BCUT2D eigenvalue weighted by Crippen LogP contribution is -2.21. The van der Waals surface area contributed by atoms with E-state index in [4.69, 9.17) is 0 Å². The first-order chi connectivity index (χ1) is 10.8. The van der Waals surface area contributed by atoms with Crippen LogP contribution in [0.4, 0.5) is 13.2 Å². The van der Waals surface area contributed by atoms with E-state index in [2.05, 4.69) is 15.4 Å². The number of hydrogen-bond acceptors (Lipinski definition) is 4. The molecule has 6 nitrogen and oxygen atoms in total. The van der Waals surface area contributed by atoms with E-state index < -0.39 is 11.7 Å². The lowest BCUT2D eigenvalue weighted by molar-refractivity contribution is -0.137. The first kappa shape index (κ1) is 16.9. The highest BCUT2D eigenvalue weighted by atomic mass is 19.4. The Kier molecular flexibility index (Phi) is 4.97. The van der Waals surface area contributed by atoms with E-state index in [-0.39, 0.29) is 17.3 Å². The zero-order valence-electron chi connectivity index (χ0n) is 12.7. The van der Waals surface area contributed by atoms with Gasteiger partial charge in [-0.2, -0.15) is 18.0 Å². The van der Waals surface area contributed by atoms with Gasteiger partial charge in [0.15, 0.2) is 0 Å². The number of aromatic nitrogens is 4. The molecule has 0 saturated heterocycles. The fraction of sp³-hybridized carbons (Fsp3) is 0.429. The predicted octanol–water partition coefficient (Wildman–Crippen LogP) is 2.23. The number of benzene rings is 1. The van der Waals surface area contributed by atoms with Crippen molar-refractivity contribution in [2.75, 3.05) is 14.1 Å². The standard InChI is InChI=1S/C14H16F3N5O/c1-21(2)12(23)7-4-8-22-19-13(18-20-22)10-5-3-6-11(9-10)14(15,16)17/h3,5-6,9H,4,7-8H2,1-2H3. The maximum Gasteiger partial charge on any atom is 0.416 e. The van der Waals surface area contributed by atoms with Crippen LogP contribution in [0.15, 0.2) is 24.3 Å². The second-order valence-electron chi connectivity index (χ2n) is 5.18. The number of alkyl halides is 3. The molecular weight excluding hydrogens is 311 g/mol. The molecule has 1 amide bonds. The first-order valence-electron chi connectivity index (χ1n) is 6.93. The van der Waals surface area contributed by atoms with Gasteiger partial charge in [-0.05, 0) is 23.8 Å². The maximum absolute atomic E-state index is 12.7. The molecule has 124 valence electrons. The SMILES string of the molecule is CN(C)C(=O)CCCn1nnc(-c2cccc(C(F)(F)F)c2)n1. The molecule has 1 aromatic heterocycles. The van der Waals surface area contributed by atoms with E-state index in [0.717, 1.165) is 12.1 Å². The number of hydrogen-bond donors (Lipinski definition) is 0. The molecule has 0 aliphatic heterocycles. The number of rotatable bonds is 5. The summed E-state index contributed by atoms with van der Waals surface area (Å²) in [7, 11) is 3.34. The van der Waals surface area contributed by atoms with Gasteiger partial charge in [0.2, 0.25) is 11.7 Å². The molecular formula is C14H16F3N5O. The third kappa shape index (κ3) is 4.51. The van der Waals surface area contributed by atoms with E-state index in [1.807, 2.05) is 0 Å². The van der Waals surface area contributed by atoms with Crippen molar-refractivity contribution in [2.45, 2.75) is 25.6 Å². The Morgan fingerprint density at radius 1 is 1.30 bits per heavy atom. The maximum atomic E-state index is 12.7. The highest BCUT2D eigenvalue weighted by Gasteiger charge is 2.30. The summed E-state index contributed by atoms with van der Waals surface area (Å²) >= 11 is 0. The largest absolute Gasteiger partial charge is 0.416 e. The van der Waals surface area contributed by atoms with Crippen LogP contribution in [-0.2, 0) is 17.5 Å². The first-order valence-corrected chi connectivity index (χ1v) is 6.93. The minimum Gasteiger partial charge on any atom is -0.349 e. The molecule has 0 spiro atoms. The van der Waals surface area contributed by atoms with Crippen LogP contribution in [0.5, 0.6) is 0 Å². The number of amides is 1. The molecule has 9 heteroatoms. The van der Waals surface area contributed by atoms with Crippen LogP contribution in [0.25, 0.3) is 11.4 Å². The van der Waals surface area contributed by atoms with Crippen LogP contribution < -0.4 is 0 Å². The summed E-state index contributed by atoms with van der Waals surface area (Å²) in [4.78, 5) is 14.2. The molecule has 2 rings (SSSR count). The fourth-order valence-electron chi connectivity index (χ4n) is 1.88. The number of carbonyl (C=O) groups is 1. The molecule has 1 aromatic carbocycles. The lowest BCUT2D eigenvalue weighted by Gasteiger charge is -2.09. The Hall–Kier alpha value is -2.45. The summed E-state index contributed by atoms with van der Waals surface area (Å²) in [5, 5.41) is 11.6. The summed E-state index contributed by atoms with van der Waals surface area (Å²) in [5.74, 6) is 0.109. The number of aryl methyl sites for hydroxylation is 1. The lowest BCUT2D eigenvalue weighted by atomic mass is 10.1. The van der Waals surface area contributed by atoms with Gasteiger partial charge in [0.05, 0.1) is 12.1 Å². The van der Waals surface area contributed by atoms with E-state index in [1.165, 1.54) is 21.8 Å². The molecule has 0 atom stereocenters. The van der Waals surface area contributed by atoms with Gasteiger partial charge in [0.25, 0.3) is 0 Å². The van der Waals surface area contributed by atoms with Crippen molar-refractivity contribution in [3.63, 3.8) is 0 Å². The topological polar surface area (TPSA) is 63.9 Å². The molecule has 0 saturated carbocycles. The summed E-state index contributed by atoms with van der Waals surface area (Å²) in [6.07, 6.45) is -3.55. The Labute approximate surface area is 130 Å². The Morgan fingerprint density at radius 2 is 2.04 bits per heavy atom. The average molecular weight is 327 g/mol. The summed E-state index contributed by atoms with van der Waals surface area (Å²) < 4.78 is 38.1. The molecule has 0 aliphatic carbocycles. The molecule has 0 unspecified atom stereocenters. The van der Waals surface area contributed by atoms with Crippen LogP contribution in [0.2, 0.25) is 0 Å². The minimum atomic E-state index is -4.42. The van der Waals surface area contributed by atoms with Crippen LogP contribution in [-0.4, -0.2) is 45.1 Å². The third-order valence-electron chi connectivity index (χ3n) is 3.15. The van der Waals surface area contributed by atoms with Gasteiger partial charge in [-0.3, -0.25) is 4.79 Å². The number of halogens is 3. The van der Waals surface area contributed by atoms with Crippen molar-refractivity contribution in [2.24, 2.45) is 0 Å². The van der Waals surface area contributed by atoms with Gasteiger partial charge in [0.1, 0.15) is 0 Å². The van der Waals surface area contributed by atoms with Crippen LogP contribution in [0, 0.1) is 0 Å². The Morgan fingerprint density at radius 3 is 2.70 bits per heavy atom. The molecule has 2 aromatic rings. The molecule has 1 heterocycles. The Bertz CT molecular complexity index is 681. The second kappa shape index (κ2) is 6.76. The second-order valence-corrected chi connectivity index (χ2v) is 5.18. The normalized spacial score (nSPS) is 11.5. The van der Waals surface area contributed by atoms with E-state index in [1.54, 1.807) is 14.1 Å². The van der Waals surface area contributed by atoms with Gasteiger partial charge in [0, 0.05) is 26.1 Å². The molecule has 0 fully saturated rings. The smallest absolute Gasteiger partial charge is 0.349 e. The highest BCUT2D eigenvalue weighted by Crippen LogP contribution is 2.31. The monoisotopic (exact) mass is 327 g/mol. The molecule has 0 radical (unpaired) electrons. The van der Waals surface area contributed by atoms with Gasteiger partial charge >= 0.3 is 6.18 Å². The van der Waals surface area contributed by atoms with Crippen molar-refractivity contribution in [1.29, 1.82) is 0 Å². The van der Waals surface area contributed by atoms with Gasteiger partial charge in [-0.1, -0.05) is 12.1 Å². The van der Waals surface area contributed by atoms with Gasteiger partial charge in [-0.25, -0.2) is 0 Å². The van der Waals surface area contributed by atoms with Crippen molar-refractivity contribution < 1.29 is 18.0 Å². The number of tetrazole rings is 1. The van der Waals surface area contributed by atoms with Crippen LogP contribution in [0.1, 0.15) is 18.4 Å². The predicted molar refractivity (Wildman–Crippen MR) is 76.2 cm³/mol. The third-order valence-corrected chi connectivity index (χ3v) is 3.15. The average Bonchev–Trinajstić information content (AvgIpc) is 2.95. The van der Waals surface area contributed by atoms with Crippen molar-refractivity contribution in [3.8, 4) is 11.4 Å². The number of carbonyl (C=O) groups excluding carboxylic acids is 1. The highest BCUT2D eigenvalue weighted by molar-refractivity contribution is 5.75. The van der Waals surface area contributed by atoms with Gasteiger partial charge in [-0.15, -0.1) is 10.2 Å². The number of nitrogens with zero attached hydrogens (tertiary/aromatic N) is 5.